The molecule has 11 nitrogen and oxygen atoms in total. The fourth-order valence-electron chi connectivity index (χ4n) is 4.15. The molecule has 196 valence electrons. The molecule has 36 heavy (non-hydrogen) atoms. The van der Waals surface area contributed by atoms with Crippen molar-refractivity contribution in [3.05, 3.63) is 39.9 Å². The number of piperazine rings is 1. The van der Waals surface area contributed by atoms with Gasteiger partial charge in [0.1, 0.15) is 17.4 Å². The van der Waals surface area contributed by atoms with E-state index < -0.39 is 35.3 Å². The number of nitrogens with one attached hydrogen (secondary N) is 2. The molecule has 4 rings (SSSR count). The average molecular weight is 506 g/mol. The van der Waals surface area contributed by atoms with Gasteiger partial charge in [-0.1, -0.05) is 20.3 Å². The first-order chi connectivity index (χ1) is 17.0. The molecule has 2 heterocycles. The van der Waals surface area contributed by atoms with E-state index in [2.05, 4.69) is 10.6 Å². The molecule has 1 aromatic heterocycles. The number of aromatic carboxylic acids is 1. The Hall–Kier alpha value is -3.67. The van der Waals surface area contributed by atoms with E-state index in [-0.39, 0.29) is 22.9 Å². The number of fused-ring (bicyclic) bond motifs is 1. The number of hydrogen-bond donors (Lipinski definition) is 5. The topological polar surface area (TPSA) is 167 Å². The van der Waals surface area contributed by atoms with Crippen LogP contribution >= 0.6 is 0 Å². The van der Waals surface area contributed by atoms with Gasteiger partial charge in [-0.05, 0) is 30.9 Å². The molecular formula is C24H32FN5O6. The largest absolute Gasteiger partial charge is 0.480 e. The molecule has 2 aromatic rings. The van der Waals surface area contributed by atoms with Gasteiger partial charge in [-0.25, -0.2) is 18.8 Å². The van der Waals surface area contributed by atoms with Crippen LogP contribution < -0.4 is 26.7 Å². The number of primary amides is 1. The number of carboxylic acid groups (broad SMARTS) is 2. The molecule has 1 aromatic carbocycles. The highest BCUT2D eigenvalue weighted by Gasteiger charge is 2.28. The number of urea groups is 1. The van der Waals surface area contributed by atoms with Crippen molar-refractivity contribution in [2.45, 2.75) is 45.2 Å². The number of halogens is 1. The first-order valence-corrected chi connectivity index (χ1v) is 11.9. The highest BCUT2D eigenvalue weighted by atomic mass is 19.1. The van der Waals surface area contributed by atoms with E-state index in [9.17, 15) is 28.7 Å². The minimum atomic E-state index is -1.28. The number of anilines is 1. The normalized spacial score (nSPS) is 17.0. The van der Waals surface area contributed by atoms with E-state index in [1.165, 1.54) is 12.3 Å². The van der Waals surface area contributed by atoms with Crippen LogP contribution in [0, 0.1) is 11.7 Å². The number of aromatic nitrogens is 1. The van der Waals surface area contributed by atoms with Crippen molar-refractivity contribution in [3.8, 4) is 0 Å². The van der Waals surface area contributed by atoms with Gasteiger partial charge in [-0.2, -0.15) is 0 Å². The molecule has 1 aliphatic heterocycles. The summed E-state index contributed by atoms with van der Waals surface area (Å²) in [5.74, 6) is -2.92. The second-order valence-corrected chi connectivity index (χ2v) is 9.08. The summed E-state index contributed by atoms with van der Waals surface area (Å²) in [5, 5.41) is 23.4. The van der Waals surface area contributed by atoms with E-state index in [0.29, 0.717) is 30.7 Å². The van der Waals surface area contributed by atoms with Crippen molar-refractivity contribution in [3.63, 3.8) is 0 Å². The fraction of sp³-hybridized carbons (Fsp3) is 0.500. The fourth-order valence-corrected chi connectivity index (χ4v) is 4.15. The maximum Gasteiger partial charge on any atom is 0.341 e. The number of carboxylic acids is 2. The van der Waals surface area contributed by atoms with Crippen LogP contribution in [0.3, 0.4) is 0 Å². The van der Waals surface area contributed by atoms with Gasteiger partial charge in [0, 0.05) is 43.8 Å². The van der Waals surface area contributed by atoms with Crippen molar-refractivity contribution in [2.24, 2.45) is 11.7 Å². The van der Waals surface area contributed by atoms with E-state index in [1.54, 1.807) is 13.0 Å². The molecule has 2 aliphatic rings. The first kappa shape index (κ1) is 26.9. The molecule has 2 unspecified atom stereocenters. The molecule has 6 N–H and O–H groups in total. The van der Waals surface area contributed by atoms with Crippen LogP contribution in [0.25, 0.3) is 10.9 Å². The number of nitrogens with two attached hydrogens (primary N) is 1. The summed E-state index contributed by atoms with van der Waals surface area (Å²) in [5.41, 5.74) is 4.97. The van der Waals surface area contributed by atoms with Crippen molar-refractivity contribution < 1.29 is 29.0 Å². The number of hydrogen-bond acceptors (Lipinski definition) is 6. The zero-order valence-electron chi connectivity index (χ0n) is 20.3. The maximum atomic E-state index is 14.6. The highest BCUT2D eigenvalue weighted by Crippen LogP contribution is 2.38. The lowest BCUT2D eigenvalue weighted by molar-refractivity contribution is -0.140. The molecule has 2 fully saturated rings. The van der Waals surface area contributed by atoms with Gasteiger partial charge in [-0.3, -0.25) is 4.79 Å². The Bertz CT molecular complexity index is 1210. The third-order valence-electron chi connectivity index (χ3n) is 6.51. The lowest BCUT2D eigenvalue weighted by Crippen LogP contribution is -2.47. The third-order valence-corrected chi connectivity index (χ3v) is 6.51. The van der Waals surface area contributed by atoms with Crippen LogP contribution in [0.2, 0.25) is 0 Å². The minimum Gasteiger partial charge on any atom is -0.480 e. The number of aliphatic carboxylic acids is 1. The van der Waals surface area contributed by atoms with Crippen LogP contribution in [-0.4, -0.2) is 65.0 Å². The second kappa shape index (κ2) is 11.4. The van der Waals surface area contributed by atoms with Gasteiger partial charge in [-0.15, -0.1) is 0 Å². The summed E-state index contributed by atoms with van der Waals surface area (Å²) >= 11 is 0. The van der Waals surface area contributed by atoms with E-state index >= 15 is 0 Å². The number of nitrogens with zero attached hydrogens (tertiary/aromatic N) is 2. The van der Waals surface area contributed by atoms with Gasteiger partial charge in [0.25, 0.3) is 0 Å². The van der Waals surface area contributed by atoms with Crippen molar-refractivity contribution in [1.29, 1.82) is 0 Å². The predicted octanol–water partition coefficient (Wildman–Crippen LogP) is 1.74. The molecule has 0 bridgehead atoms. The maximum absolute atomic E-state index is 14.6. The predicted molar refractivity (Wildman–Crippen MR) is 132 cm³/mol. The lowest BCUT2D eigenvalue weighted by Gasteiger charge is -2.30. The Balaban J connectivity index is 0.000000257. The SMILES string of the molecule is CCC(C)C(NC(N)=O)C(=O)O.O=C(O)c1cn(C2CC2)c2cc(N3CCNCC3)c(F)cc2c1=O. The molecule has 2 atom stereocenters. The average Bonchev–Trinajstić information content (AvgIpc) is 3.68. The first-order valence-electron chi connectivity index (χ1n) is 11.9. The van der Waals surface area contributed by atoms with Crippen molar-refractivity contribution >= 4 is 34.6 Å². The van der Waals surface area contributed by atoms with E-state index in [1.807, 2.05) is 16.4 Å². The summed E-state index contributed by atoms with van der Waals surface area (Å²) in [6.45, 7) is 6.56. The van der Waals surface area contributed by atoms with E-state index in [4.69, 9.17) is 10.8 Å². The molecule has 1 saturated heterocycles. The van der Waals surface area contributed by atoms with Gasteiger partial charge in [0.05, 0.1) is 11.2 Å². The Kier molecular flexibility index (Phi) is 8.51. The Morgan fingerprint density at radius 2 is 1.86 bits per heavy atom. The van der Waals surface area contributed by atoms with Crippen molar-refractivity contribution in [1.82, 2.24) is 15.2 Å². The smallest absolute Gasteiger partial charge is 0.341 e. The molecule has 2 amide bonds. The second-order valence-electron chi connectivity index (χ2n) is 9.08. The summed E-state index contributed by atoms with van der Waals surface area (Å²) in [4.78, 5) is 46.7. The molecular weight excluding hydrogens is 473 g/mol. The van der Waals surface area contributed by atoms with Gasteiger partial charge < -0.3 is 36.0 Å². The number of carbonyl (C=O) groups is 3. The molecule has 1 aliphatic carbocycles. The number of benzene rings is 1. The standard InChI is InChI=1S/C17H18FN3O3.C7H14N2O3/c18-13-7-11-14(8-15(13)20-5-3-19-4-6-20)21(10-1-2-10)9-12(16(11)22)17(23)24;1-3-4(2)5(6(10)11)9-7(8)12/h7-10,19H,1-6H2,(H,23,24);4-5H,3H2,1-2H3,(H,10,11)(H3,8,9,12). The number of carbonyl (C=O) groups excluding carboxylic acids is 1. The van der Waals surface area contributed by atoms with Crippen molar-refractivity contribution in [2.75, 3.05) is 31.1 Å². The Morgan fingerprint density at radius 3 is 2.36 bits per heavy atom. The Labute approximate surface area is 207 Å². The van der Waals surface area contributed by atoms with Gasteiger partial charge >= 0.3 is 18.0 Å². The van der Waals surface area contributed by atoms with Crippen LogP contribution in [0.15, 0.2) is 23.1 Å². The minimum absolute atomic E-state index is 0.116. The summed E-state index contributed by atoms with van der Waals surface area (Å²) in [6, 6.07) is 1.39. The zero-order chi connectivity index (χ0) is 26.6. The number of pyridine rings is 1. The van der Waals surface area contributed by atoms with Crippen LogP contribution in [0.1, 0.15) is 49.5 Å². The zero-order valence-corrected chi connectivity index (χ0v) is 20.3. The summed E-state index contributed by atoms with van der Waals surface area (Å²) in [6.07, 6.45) is 3.97. The molecule has 0 spiro atoms. The lowest BCUT2D eigenvalue weighted by atomic mass is 10.00. The number of rotatable bonds is 7. The Morgan fingerprint density at radius 1 is 1.22 bits per heavy atom. The number of amides is 2. The van der Waals surface area contributed by atoms with Gasteiger partial charge in [0.15, 0.2) is 0 Å². The highest BCUT2D eigenvalue weighted by molar-refractivity contribution is 5.93. The van der Waals surface area contributed by atoms with Crippen LogP contribution in [-0.2, 0) is 4.79 Å². The summed E-state index contributed by atoms with van der Waals surface area (Å²) in [7, 11) is 0. The molecule has 1 saturated carbocycles. The monoisotopic (exact) mass is 505 g/mol. The van der Waals surface area contributed by atoms with Crippen LogP contribution in [0.4, 0.5) is 14.9 Å². The van der Waals surface area contributed by atoms with Crippen LogP contribution in [0.5, 0.6) is 0 Å². The summed E-state index contributed by atoms with van der Waals surface area (Å²) < 4.78 is 16.4. The third kappa shape index (κ3) is 6.11. The van der Waals surface area contributed by atoms with Gasteiger partial charge in [0.2, 0.25) is 5.43 Å². The molecule has 0 radical (unpaired) electrons. The quantitative estimate of drug-likeness (QED) is 0.379. The van der Waals surface area contributed by atoms with E-state index in [0.717, 1.165) is 25.9 Å². The molecule has 12 heteroatoms.